The second kappa shape index (κ2) is 11.7. The minimum Gasteiger partial charge on any atom is -0.491 e. The average Bonchev–Trinajstić information content (AvgIpc) is 2.59. The van der Waals surface area contributed by atoms with Gasteiger partial charge in [0.05, 0.1) is 6.61 Å². The van der Waals surface area contributed by atoms with E-state index in [2.05, 4.69) is 66.5 Å². The Morgan fingerprint density at radius 2 is 2.00 bits per heavy atom. The number of nitrogens with one attached hydrogen (secondary N) is 2. The first kappa shape index (κ1) is 21.3. The zero-order valence-corrected chi connectivity index (χ0v) is 16.6. The zero-order chi connectivity index (χ0) is 18.7. The van der Waals surface area contributed by atoms with Crippen molar-refractivity contribution in [1.82, 2.24) is 15.5 Å². The Kier molecular flexibility index (Phi) is 9.96. The number of guanidine groups is 1. The summed E-state index contributed by atoms with van der Waals surface area (Å²) in [6.45, 7) is 10.0. The minimum absolute atomic E-state index is 0.538. The normalized spacial score (nSPS) is 11.9. The maximum absolute atomic E-state index is 5.83. The molecule has 6 heteroatoms. The Morgan fingerprint density at radius 1 is 1.24 bits per heavy atom. The fourth-order valence-corrected chi connectivity index (χ4v) is 2.19. The van der Waals surface area contributed by atoms with Crippen LogP contribution >= 0.6 is 0 Å². The Hall–Kier alpha value is -1.79. The molecule has 0 heterocycles. The van der Waals surface area contributed by atoms with E-state index in [1.165, 1.54) is 5.56 Å². The van der Waals surface area contributed by atoms with Crippen LogP contribution < -0.4 is 15.4 Å². The topological polar surface area (TPSA) is 58.1 Å². The van der Waals surface area contributed by atoms with Crippen molar-refractivity contribution in [2.45, 2.75) is 33.4 Å². The van der Waals surface area contributed by atoms with Crippen LogP contribution in [0.1, 0.15) is 25.0 Å². The van der Waals surface area contributed by atoms with Gasteiger partial charge in [-0.1, -0.05) is 12.1 Å². The van der Waals surface area contributed by atoms with Crippen LogP contribution in [0.5, 0.6) is 5.75 Å². The van der Waals surface area contributed by atoms with Gasteiger partial charge in [0.25, 0.3) is 0 Å². The molecular formula is C19H34N4O2. The van der Waals surface area contributed by atoms with Crippen molar-refractivity contribution >= 4 is 5.96 Å². The maximum Gasteiger partial charge on any atom is 0.191 e. The standard InChI is InChI=1S/C19H34N4O2/c1-15(2)23(5)10-9-21-19(20-4)22-14-17-8-7-16(3)13-18(17)25-12-11-24-6/h7-8,13,15H,9-12,14H2,1-6H3,(H2,20,21,22). The van der Waals surface area contributed by atoms with Crippen molar-refractivity contribution < 1.29 is 9.47 Å². The fraction of sp³-hybridized carbons (Fsp3) is 0.632. The fourth-order valence-electron chi connectivity index (χ4n) is 2.19. The lowest BCUT2D eigenvalue weighted by atomic mass is 10.1. The number of aryl methyl sites for hydroxylation is 1. The molecule has 0 atom stereocenters. The molecule has 6 nitrogen and oxygen atoms in total. The highest BCUT2D eigenvalue weighted by Gasteiger charge is 2.07. The highest BCUT2D eigenvalue weighted by Crippen LogP contribution is 2.20. The van der Waals surface area contributed by atoms with Crippen molar-refractivity contribution in [1.29, 1.82) is 0 Å². The molecule has 0 saturated carbocycles. The summed E-state index contributed by atoms with van der Waals surface area (Å²) in [6, 6.07) is 6.77. The van der Waals surface area contributed by atoms with E-state index in [0.29, 0.717) is 25.8 Å². The van der Waals surface area contributed by atoms with Crippen LogP contribution in [0.4, 0.5) is 0 Å². The summed E-state index contributed by atoms with van der Waals surface area (Å²) in [5.41, 5.74) is 2.28. The number of hydrogen-bond acceptors (Lipinski definition) is 4. The number of benzene rings is 1. The molecule has 0 spiro atoms. The van der Waals surface area contributed by atoms with E-state index in [-0.39, 0.29) is 0 Å². The molecule has 2 N–H and O–H groups in total. The van der Waals surface area contributed by atoms with E-state index in [1.807, 2.05) is 0 Å². The van der Waals surface area contributed by atoms with Crippen LogP contribution in [0.25, 0.3) is 0 Å². The van der Waals surface area contributed by atoms with Gasteiger partial charge in [0.2, 0.25) is 0 Å². The van der Waals surface area contributed by atoms with Crippen molar-refractivity contribution in [2.75, 3.05) is 47.5 Å². The summed E-state index contributed by atoms with van der Waals surface area (Å²) >= 11 is 0. The number of nitrogens with zero attached hydrogens (tertiary/aromatic N) is 2. The number of hydrogen-bond donors (Lipinski definition) is 2. The van der Waals surface area contributed by atoms with Crippen LogP contribution in [0.3, 0.4) is 0 Å². The lowest BCUT2D eigenvalue weighted by molar-refractivity contribution is 0.145. The van der Waals surface area contributed by atoms with Gasteiger partial charge in [0, 0.05) is 45.4 Å². The first-order valence-electron chi connectivity index (χ1n) is 8.84. The molecule has 25 heavy (non-hydrogen) atoms. The lowest BCUT2D eigenvalue weighted by Gasteiger charge is -2.22. The molecular weight excluding hydrogens is 316 g/mol. The molecule has 0 aliphatic rings. The molecule has 0 amide bonds. The molecule has 0 radical (unpaired) electrons. The van der Waals surface area contributed by atoms with Gasteiger partial charge in [-0.2, -0.15) is 0 Å². The number of likely N-dealkylation sites (N-methyl/N-ethyl adjacent to an activating group) is 1. The predicted octanol–water partition coefficient (Wildman–Crippen LogP) is 2.03. The second-order valence-electron chi connectivity index (χ2n) is 6.38. The first-order valence-corrected chi connectivity index (χ1v) is 8.84. The Bertz CT molecular complexity index is 532. The monoisotopic (exact) mass is 350 g/mol. The number of rotatable bonds is 10. The Labute approximate surface area is 152 Å². The molecule has 1 aromatic rings. The van der Waals surface area contributed by atoms with Gasteiger partial charge >= 0.3 is 0 Å². The quantitative estimate of drug-likeness (QED) is 0.384. The molecule has 0 aromatic heterocycles. The SMILES string of the molecule is CN=C(NCCN(C)C(C)C)NCc1ccc(C)cc1OCCOC. The summed E-state index contributed by atoms with van der Waals surface area (Å²) in [6.07, 6.45) is 0. The molecule has 0 saturated heterocycles. The molecule has 0 aliphatic heterocycles. The van der Waals surface area contributed by atoms with E-state index in [4.69, 9.17) is 9.47 Å². The van der Waals surface area contributed by atoms with Gasteiger partial charge < -0.3 is 25.0 Å². The summed E-state index contributed by atoms with van der Waals surface area (Å²) < 4.78 is 10.9. The predicted molar refractivity (Wildman–Crippen MR) is 105 cm³/mol. The molecule has 0 aliphatic carbocycles. The smallest absolute Gasteiger partial charge is 0.191 e. The van der Waals surface area contributed by atoms with Gasteiger partial charge in [0.1, 0.15) is 12.4 Å². The lowest BCUT2D eigenvalue weighted by Crippen LogP contribution is -2.41. The summed E-state index contributed by atoms with van der Waals surface area (Å²) in [5, 5.41) is 6.69. The van der Waals surface area contributed by atoms with E-state index < -0.39 is 0 Å². The second-order valence-corrected chi connectivity index (χ2v) is 6.38. The molecule has 0 bridgehead atoms. The third-order valence-electron chi connectivity index (χ3n) is 4.08. The van der Waals surface area contributed by atoms with Gasteiger partial charge in [-0.15, -0.1) is 0 Å². The number of aliphatic imine (C=N–C) groups is 1. The average molecular weight is 351 g/mol. The Morgan fingerprint density at radius 3 is 2.64 bits per heavy atom. The molecule has 0 unspecified atom stereocenters. The van der Waals surface area contributed by atoms with Gasteiger partial charge in [-0.05, 0) is 39.4 Å². The molecule has 0 fully saturated rings. The van der Waals surface area contributed by atoms with Crippen molar-refractivity contribution in [3.63, 3.8) is 0 Å². The summed E-state index contributed by atoms with van der Waals surface area (Å²) in [7, 11) is 5.58. The highest BCUT2D eigenvalue weighted by atomic mass is 16.5. The van der Waals surface area contributed by atoms with Gasteiger partial charge in [-0.25, -0.2) is 0 Å². The molecule has 1 rings (SSSR count). The van der Waals surface area contributed by atoms with Crippen molar-refractivity contribution in [3.05, 3.63) is 29.3 Å². The molecule has 1 aromatic carbocycles. The van der Waals surface area contributed by atoms with Crippen LogP contribution in [0.2, 0.25) is 0 Å². The van der Waals surface area contributed by atoms with Crippen LogP contribution in [0, 0.1) is 6.92 Å². The van der Waals surface area contributed by atoms with E-state index >= 15 is 0 Å². The van der Waals surface area contributed by atoms with Crippen LogP contribution in [-0.2, 0) is 11.3 Å². The van der Waals surface area contributed by atoms with E-state index in [0.717, 1.165) is 30.4 Å². The number of methoxy groups -OCH3 is 1. The zero-order valence-electron chi connectivity index (χ0n) is 16.6. The van der Waals surface area contributed by atoms with Gasteiger partial charge in [-0.3, -0.25) is 4.99 Å². The van der Waals surface area contributed by atoms with E-state index in [1.54, 1.807) is 14.2 Å². The van der Waals surface area contributed by atoms with Crippen molar-refractivity contribution in [2.24, 2.45) is 4.99 Å². The summed E-state index contributed by atoms with van der Waals surface area (Å²) in [4.78, 5) is 6.58. The first-order chi connectivity index (χ1) is 12.0. The molecule has 142 valence electrons. The van der Waals surface area contributed by atoms with E-state index in [9.17, 15) is 0 Å². The van der Waals surface area contributed by atoms with Crippen LogP contribution in [-0.4, -0.2) is 64.4 Å². The summed E-state index contributed by atoms with van der Waals surface area (Å²) in [5.74, 6) is 1.68. The third kappa shape index (κ3) is 8.23. The van der Waals surface area contributed by atoms with Crippen molar-refractivity contribution in [3.8, 4) is 5.75 Å². The minimum atomic E-state index is 0.538. The maximum atomic E-state index is 5.83. The third-order valence-corrected chi connectivity index (χ3v) is 4.08. The Balaban J connectivity index is 2.54. The van der Waals surface area contributed by atoms with Crippen LogP contribution in [0.15, 0.2) is 23.2 Å². The largest absolute Gasteiger partial charge is 0.491 e. The highest BCUT2D eigenvalue weighted by molar-refractivity contribution is 5.79. The van der Waals surface area contributed by atoms with Gasteiger partial charge in [0.15, 0.2) is 5.96 Å². The number of ether oxygens (including phenoxy) is 2.